The number of carbonyl (C=O) groups is 1. The summed E-state index contributed by atoms with van der Waals surface area (Å²) in [7, 11) is 0. The zero-order chi connectivity index (χ0) is 18.4. The molecule has 1 aliphatic heterocycles. The predicted molar refractivity (Wildman–Crippen MR) is 101 cm³/mol. The molecule has 0 saturated carbocycles. The van der Waals surface area contributed by atoms with Crippen LogP contribution in [0.1, 0.15) is 24.0 Å². The maximum absolute atomic E-state index is 12.1. The molecule has 1 fully saturated rings. The Labute approximate surface area is 154 Å². The first-order valence-electron chi connectivity index (χ1n) is 8.94. The van der Waals surface area contributed by atoms with E-state index in [1.807, 2.05) is 50.2 Å². The summed E-state index contributed by atoms with van der Waals surface area (Å²) in [5.74, 6) is 1.21. The van der Waals surface area contributed by atoms with Gasteiger partial charge in [-0.1, -0.05) is 12.1 Å². The van der Waals surface area contributed by atoms with Crippen LogP contribution >= 0.6 is 0 Å². The van der Waals surface area contributed by atoms with E-state index < -0.39 is 0 Å². The van der Waals surface area contributed by atoms with Crippen molar-refractivity contribution >= 4 is 11.6 Å². The van der Waals surface area contributed by atoms with E-state index in [0.29, 0.717) is 23.8 Å². The maximum Gasteiger partial charge on any atom is 0.262 e. The van der Waals surface area contributed by atoms with Gasteiger partial charge in [-0.3, -0.25) is 4.79 Å². The third kappa shape index (κ3) is 5.49. The van der Waals surface area contributed by atoms with Crippen molar-refractivity contribution in [2.24, 2.45) is 0 Å². The zero-order valence-electron chi connectivity index (χ0n) is 15.3. The van der Waals surface area contributed by atoms with Gasteiger partial charge < -0.3 is 19.5 Å². The number of amides is 1. The molecule has 138 valence electrons. The first-order valence-corrected chi connectivity index (χ1v) is 8.94. The fraction of sp³-hybridized carbons (Fsp3) is 0.381. The second-order valence-electron chi connectivity index (χ2n) is 6.63. The molecule has 2 aromatic carbocycles. The van der Waals surface area contributed by atoms with Crippen LogP contribution in [0.15, 0.2) is 42.5 Å². The quantitative estimate of drug-likeness (QED) is 0.819. The highest BCUT2D eigenvalue weighted by molar-refractivity contribution is 5.92. The first kappa shape index (κ1) is 18.3. The van der Waals surface area contributed by atoms with Crippen LogP contribution in [0.25, 0.3) is 0 Å². The summed E-state index contributed by atoms with van der Waals surface area (Å²) < 4.78 is 16.9. The molecule has 0 radical (unpaired) electrons. The standard InChI is InChI=1S/C21H25NO4/c1-15-9-16(2)11-20(10-15)26-14-21(23)22-17-5-3-6-18(12-17)25-13-19-7-4-8-24-19/h3,5-6,9-12,19H,4,7-8,13-14H2,1-2H3,(H,22,23). The van der Waals surface area contributed by atoms with Gasteiger partial charge >= 0.3 is 0 Å². The van der Waals surface area contributed by atoms with E-state index in [-0.39, 0.29) is 18.6 Å². The Hall–Kier alpha value is -2.53. The molecule has 5 heteroatoms. The van der Waals surface area contributed by atoms with Crippen LogP contribution in [0.3, 0.4) is 0 Å². The normalized spacial score (nSPS) is 16.3. The maximum atomic E-state index is 12.1. The number of rotatable bonds is 7. The fourth-order valence-corrected chi connectivity index (χ4v) is 2.99. The van der Waals surface area contributed by atoms with Gasteiger partial charge in [0, 0.05) is 18.4 Å². The lowest BCUT2D eigenvalue weighted by Crippen LogP contribution is -2.20. The second-order valence-corrected chi connectivity index (χ2v) is 6.63. The molecule has 0 aliphatic carbocycles. The topological polar surface area (TPSA) is 56.8 Å². The summed E-state index contributed by atoms with van der Waals surface area (Å²) in [5, 5.41) is 2.83. The number of hydrogen-bond donors (Lipinski definition) is 1. The molecule has 1 unspecified atom stereocenters. The van der Waals surface area contributed by atoms with Crippen molar-refractivity contribution in [1.82, 2.24) is 0 Å². The number of carbonyl (C=O) groups excluding carboxylic acids is 1. The van der Waals surface area contributed by atoms with Crippen LogP contribution in [0, 0.1) is 13.8 Å². The van der Waals surface area contributed by atoms with E-state index in [2.05, 4.69) is 11.4 Å². The Bertz CT molecular complexity index is 733. The molecular weight excluding hydrogens is 330 g/mol. The van der Waals surface area contributed by atoms with Crippen molar-refractivity contribution in [1.29, 1.82) is 0 Å². The molecule has 0 spiro atoms. The third-order valence-corrected chi connectivity index (χ3v) is 4.14. The lowest BCUT2D eigenvalue weighted by molar-refractivity contribution is -0.118. The molecule has 26 heavy (non-hydrogen) atoms. The molecule has 2 aromatic rings. The Morgan fingerprint density at radius 3 is 2.65 bits per heavy atom. The van der Waals surface area contributed by atoms with Crippen molar-refractivity contribution in [3.8, 4) is 11.5 Å². The molecule has 1 amide bonds. The van der Waals surface area contributed by atoms with Gasteiger partial charge in [0.25, 0.3) is 5.91 Å². The summed E-state index contributed by atoms with van der Waals surface area (Å²) in [6.07, 6.45) is 2.29. The minimum atomic E-state index is -0.208. The summed E-state index contributed by atoms with van der Waals surface area (Å²) >= 11 is 0. The zero-order valence-corrected chi connectivity index (χ0v) is 15.3. The van der Waals surface area contributed by atoms with Crippen LogP contribution in [-0.4, -0.2) is 31.8 Å². The number of aryl methyl sites for hydroxylation is 2. The highest BCUT2D eigenvalue weighted by atomic mass is 16.5. The van der Waals surface area contributed by atoms with Gasteiger partial charge in [0.15, 0.2) is 6.61 Å². The number of nitrogens with one attached hydrogen (secondary N) is 1. The van der Waals surface area contributed by atoms with Gasteiger partial charge in [0.2, 0.25) is 0 Å². The van der Waals surface area contributed by atoms with Crippen LogP contribution < -0.4 is 14.8 Å². The first-order chi connectivity index (χ1) is 12.6. The monoisotopic (exact) mass is 355 g/mol. The van der Waals surface area contributed by atoms with Crippen LogP contribution in [0.4, 0.5) is 5.69 Å². The molecular formula is C21H25NO4. The molecule has 1 heterocycles. The largest absolute Gasteiger partial charge is 0.491 e. The van der Waals surface area contributed by atoms with E-state index in [1.165, 1.54) is 0 Å². The van der Waals surface area contributed by atoms with Crippen molar-refractivity contribution in [3.63, 3.8) is 0 Å². The van der Waals surface area contributed by atoms with Gasteiger partial charge in [-0.15, -0.1) is 0 Å². The van der Waals surface area contributed by atoms with Gasteiger partial charge in [-0.05, 0) is 62.1 Å². The van der Waals surface area contributed by atoms with Crippen LogP contribution in [0.2, 0.25) is 0 Å². The van der Waals surface area contributed by atoms with Gasteiger partial charge in [-0.25, -0.2) is 0 Å². The summed E-state index contributed by atoms with van der Waals surface area (Å²) in [6, 6.07) is 13.3. The highest BCUT2D eigenvalue weighted by Gasteiger charge is 2.16. The molecule has 1 atom stereocenters. The van der Waals surface area contributed by atoms with Gasteiger partial charge in [0.05, 0.1) is 6.10 Å². The van der Waals surface area contributed by atoms with Crippen molar-refractivity contribution in [2.45, 2.75) is 32.8 Å². The SMILES string of the molecule is Cc1cc(C)cc(OCC(=O)Nc2cccc(OCC3CCCO3)c2)c1. The smallest absolute Gasteiger partial charge is 0.262 e. The molecule has 3 rings (SSSR count). The Kier molecular flexibility index (Phi) is 6.12. The minimum absolute atomic E-state index is 0.0378. The Morgan fingerprint density at radius 1 is 1.12 bits per heavy atom. The van der Waals surface area contributed by atoms with E-state index in [4.69, 9.17) is 14.2 Å². The van der Waals surface area contributed by atoms with Gasteiger partial charge in [-0.2, -0.15) is 0 Å². The molecule has 1 N–H and O–H groups in total. The molecule has 0 aromatic heterocycles. The average molecular weight is 355 g/mol. The summed E-state index contributed by atoms with van der Waals surface area (Å²) in [6.45, 7) is 5.31. The van der Waals surface area contributed by atoms with E-state index in [0.717, 1.165) is 30.6 Å². The number of hydrogen-bond acceptors (Lipinski definition) is 4. The molecule has 0 bridgehead atoms. The number of anilines is 1. The fourth-order valence-electron chi connectivity index (χ4n) is 2.99. The van der Waals surface area contributed by atoms with Crippen molar-refractivity contribution < 1.29 is 19.0 Å². The highest BCUT2D eigenvalue weighted by Crippen LogP contribution is 2.20. The average Bonchev–Trinajstić information content (AvgIpc) is 3.11. The van der Waals surface area contributed by atoms with Crippen LogP contribution in [0.5, 0.6) is 11.5 Å². The number of benzene rings is 2. The summed E-state index contributed by atoms with van der Waals surface area (Å²) in [4.78, 5) is 12.1. The second kappa shape index (κ2) is 8.72. The predicted octanol–water partition coefficient (Wildman–Crippen LogP) is 3.88. The van der Waals surface area contributed by atoms with E-state index in [1.54, 1.807) is 0 Å². The van der Waals surface area contributed by atoms with E-state index >= 15 is 0 Å². The van der Waals surface area contributed by atoms with E-state index in [9.17, 15) is 4.79 Å². The lowest BCUT2D eigenvalue weighted by atomic mass is 10.1. The Balaban J connectivity index is 1.49. The third-order valence-electron chi connectivity index (χ3n) is 4.14. The molecule has 1 aliphatic rings. The minimum Gasteiger partial charge on any atom is -0.491 e. The van der Waals surface area contributed by atoms with Gasteiger partial charge in [0.1, 0.15) is 18.1 Å². The number of ether oxygens (including phenoxy) is 3. The lowest BCUT2D eigenvalue weighted by Gasteiger charge is -2.13. The van der Waals surface area contributed by atoms with Crippen molar-refractivity contribution in [2.75, 3.05) is 25.1 Å². The molecule has 5 nitrogen and oxygen atoms in total. The van der Waals surface area contributed by atoms with Crippen molar-refractivity contribution in [3.05, 3.63) is 53.6 Å². The Morgan fingerprint density at radius 2 is 1.92 bits per heavy atom. The van der Waals surface area contributed by atoms with Crippen LogP contribution in [-0.2, 0) is 9.53 Å². The summed E-state index contributed by atoms with van der Waals surface area (Å²) in [5.41, 5.74) is 2.90. The molecule has 1 saturated heterocycles.